The summed E-state index contributed by atoms with van der Waals surface area (Å²) in [6.45, 7) is 2.04. The molecule has 102 valence electrons. The highest BCUT2D eigenvalue weighted by Gasteiger charge is 2.06. The van der Waals surface area contributed by atoms with E-state index in [1.165, 1.54) is 17.7 Å². The Hall–Kier alpha value is -2.54. The molecule has 2 aromatic rings. The van der Waals surface area contributed by atoms with Crippen LogP contribution < -0.4 is 10.2 Å². The van der Waals surface area contributed by atoms with E-state index in [0.29, 0.717) is 5.69 Å². The minimum atomic E-state index is -0.412. The van der Waals surface area contributed by atoms with Crippen LogP contribution in [0.4, 0.5) is 21.5 Å². The van der Waals surface area contributed by atoms with Gasteiger partial charge in [0.15, 0.2) is 0 Å². The highest BCUT2D eigenvalue weighted by molar-refractivity contribution is 5.70. The third-order valence-electron chi connectivity index (χ3n) is 3.07. The number of nitrogens with zero attached hydrogens (tertiary/aromatic N) is 2. The van der Waals surface area contributed by atoms with E-state index >= 15 is 0 Å². The first-order chi connectivity index (χ1) is 9.51. The predicted octanol–water partition coefficient (Wildman–Crippen LogP) is 3.82. The minimum absolute atomic E-state index is 0.289. The summed E-state index contributed by atoms with van der Waals surface area (Å²) in [6.07, 6.45) is 0. The lowest BCUT2D eigenvalue weighted by Gasteiger charge is -2.17. The fourth-order valence-electron chi connectivity index (χ4n) is 2.04. The van der Waals surface area contributed by atoms with Gasteiger partial charge in [-0.15, -0.1) is 0 Å². The molecule has 0 atom stereocenters. The van der Waals surface area contributed by atoms with Gasteiger partial charge in [0.05, 0.1) is 11.3 Å². The first kappa shape index (κ1) is 13.9. The molecule has 0 heterocycles. The number of rotatable bonds is 3. The van der Waals surface area contributed by atoms with Crippen molar-refractivity contribution in [2.45, 2.75) is 6.92 Å². The van der Waals surface area contributed by atoms with Crippen molar-refractivity contribution in [3.05, 3.63) is 53.3 Å². The summed E-state index contributed by atoms with van der Waals surface area (Å²) in [4.78, 5) is 2.02. The van der Waals surface area contributed by atoms with Gasteiger partial charge >= 0.3 is 0 Å². The predicted molar refractivity (Wildman–Crippen MR) is 79.9 cm³/mol. The topological polar surface area (TPSA) is 39.1 Å². The standard InChI is InChI=1S/C16H16FN3/c1-11-4-6-14(9-16(11)20(2)3)19-15-7-5-13(17)8-12(15)10-18/h4-9,19H,1-3H3. The van der Waals surface area contributed by atoms with Gasteiger partial charge in [-0.05, 0) is 42.8 Å². The molecule has 0 saturated heterocycles. The van der Waals surface area contributed by atoms with Crippen LogP contribution in [0.2, 0.25) is 0 Å². The van der Waals surface area contributed by atoms with Gasteiger partial charge in [-0.1, -0.05) is 6.07 Å². The van der Waals surface area contributed by atoms with Gasteiger partial charge in [0.1, 0.15) is 11.9 Å². The molecule has 0 amide bonds. The molecule has 0 unspecified atom stereocenters. The van der Waals surface area contributed by atoms with E-state index in [0.717, 1.165) is 11.4 Å². The number of nitrogens with one attached hydrogen (secondary N) is 1. The first-order valence-corrected chi connectivity index (χ1v) is 6.26. The summed E-state index contributed by atoms with van der Waals surface area (Å²) in [5.41, 5.74) is 4.01. The van der Waals surface area contributed by atoms with Crippen LogP contribution in [0.3, 0.4) is 0 Å². The monoisotopic (exact) mass is 269 g/mol. The maximum Gasteiger partial charge on any atom is 0.124 e. The molecular formula is C16H16FN3. The third kappa shape index (κ3) is 2.89. The Morgan fingerprint density at radius 3 is 2.55 bits per heavy atom. The smallest absolute Gasteiger partial charge is 0.124 e. The molecule has 0 bridgehead atoms. The second-order valence-corrected chi connectivity index (χ2v) is 4.82. The van der Waals surface area contributed by atoms with Gasteiger partial charge in [0.25, 0.3) is 0 Å². The number of benzene rings is 2. The highest BCUT2D eigenvalue weighted by atomic mass is 19.1. The van der Waals surface area contributed by atoms with Crippen LogP contribution in [-0.4, -0.2) is 14.1 Å². The average Bonchev–Trinajstić information content (AvgIpc) is 2.42. The van der Waals surface area contributed by atoms with E-state index in [2.05, 4.69) is 5.32 Å². The SMILES string of the molecule is Cc1ccc(Nc2ccc(F)cc2C#N)cc1N(C)C. The van der Waals surface area contributed by atoms with Crippen LogP contribution in [0, 0.1) is 24.1 Å². The maximum absolute atomic E-state index is 13.1. The first-order valence-electron chi connectivity index (χ1n) is 6.26. The minimum Gasteiger partial charge on any atom is -0.377 e. The van der Waals surface area contributed by atoms with Crippen molar-refractivity contribution >= 4 is 17.1 Å². The zero-order valence-corrected chi connectivity index (χ0v) is 11.7. The number of anilines is 3. The number of halogens is 1. The fraction of sp³-hybridized carbons (Fsp3) is 0.188. The molecule has 3 nitrogen and oxygen atoms in total. The molecule has 2 rings (SSSR count). The van der Waals surface area contributed by atoms with Crippen LogP contribution in [0.5, 0.6) is 0 Å². The Kier molecular flexibility index (Phi) is 3.90. The summed E-state index contributed by atoms with van der Waals surface area (Å²) < 4.78 is 13.1. The van der Waals surface area contributed by atoms with Crippen LogP contribution in [0.25, 0.3) is 0 Å². The average molecular weight is 269 g/mol. The Balaban J connectivity index is 2.36. The summed E-state index contributed by atoms with van der Waals surface area (Å²) in [5.74, 6) is -0.412. The van der Waals surface area contributed by atoms with Crippen molar-refractivity contribution in [2.75, 3.05) is 24.3 Å². The summed E-state index contributed by atoms with van der Waals surface area (Å²) in [6, 6.07) is 12.1. The zero-order chi connectivity index (χ0) is 14.7. The number of hydrogen-bond donors (Lipinski definition) is 1. The van der Waals surface area contributed by atoms with Gasteiger partial charge in [-0.3, -0.25) is 0 Å². The van der Waals surface area contributed by atoms with Gasteiger partial charge < -0.3 is 10.2 Å². The Morgan fingerprint density at radius 1 is 1.15 bits per heavy atom. The van der Waals surface area contributed by atoms with Gasteiger partial charge in [0.2, 0.25) is 0 Å². The molecule has 0 saturated carbocycles. The van der Waals surface area contributed by atoms with Crippen LogP contribution in [0.1, 0.15) is 11.1 Å². The number of aryl methyl sites for hydroxylation is 1. The lowest BCUT2D eigenvalue weighted by molar-refractivity contribution is 0.627. The maximum atomic E-state index is 13.1. The zero-order valence-electron chi connectivity index (χ0n) is 11.7. The molecular weight excluding hydrogens is 253 g/mol. The molecule has 0 aliphatic rings. The molecule has 2 aromatic carbocycles. The quantitative estimate of drug-likeness (QED) is 0.920. The van der Waals surface area contributed by atoms with Crippen molar-refractivity contribution in [3.8, 4) is 6.07 Å². The van der Waals surface area contributed by atoms with Crippen LogP contribution >= 0.6 is 0 Å². The van der Waals surface area contributed by atoms with Crippen LogP contribution in [-0.2, 0) is 0 Å². The van der Waals surface area contributed by atoms with E-state index in [-0.39, 0.29) is 5.56 Å². The molecule has 0 radical (unpaired) electrons. The molecule has 0 aliphatic carbocycles. The van der Waals surface area contributed by atoms with E-state index in [4.69, 9.17) is 5.26 Å². The van der Waals surface area contributed by atoms with Crippen molar-refractivity contribution < 1.29 is 4.39 Å². The second-order valence-electron chi connectivity index (χ2n) is 4.82. The Labute approximate surface area is 118 Å². The summed E-state index contributed by atoms with van der Waals surface area (Å²) in [7, 11) is 3.95. The molecule has 0 aliphatic heterocycles. The summed E-state index contributed by atoms with van der Waals surface area (Å²) >= 11 is 0. The Bertz CT molecular complexity index is 672. The number of hydrogen-bond acceptors (Lipinski definition) is 3. The molecule has 0 fully saturated rings. The van der Waals surface area contributed by atoms with Crippen molar-refractivity contribution in [2.24, 2.45) is 0 Å². The molecule has 1 N–H and O–H groups in total. The second kappa shape index (κ2) is 5.62. The van der Waals surface area contributed by atoms with E-state index in [1.54, 1.807) is 6.07 Å². The van der Waals surface area contributed by atoms with Crippen molar-refractivity contribution in [1.82, 2.24) is 0 Å². The Morgan fingerprint density at radius 2 is 1.90 bits per heavy atom. The normalized spacial score (nSPS) is 9.95. The molecule has 0 aromatic heterocycles. The van der Waals surface area contributed by atoms with Gasteiger partial charge in [0, 0.05) is 25.5 Å². The third-order valence-corrected chi connectivity index (χ3v) is 3.07. The molecule has 4 heteroatoms. The summed E-state index contributed by atoms with van der Waals surface area (Å²) in [5, 5.41) is 12.2. The van der Waals surface area contributed by atoms with E-state index in [1.807, 2.05) is 50.2 Å². The van der Waals surface area contributed by atoms with Crippen molar-refractivity contribution in [1.29, 1.82) is 5.26 Å². The van der Waals surface area contributed by atoms with E-state index < -0.39 is 5.82 Å². The lowest BCUT2D eigenvalue weighted by atomic mass is 10.1. The van der Waals surface area contributed by atoms with Crippen LogP contribution in [0.15, 0.2) is 36.4 Å². The van der Waals surface area contributed by atoms with E-state index in [9.17, 15) is 4.39 Å². The van der Waals surface area contributed by atoms with Gasteiger partial charge in [-0.2, -0.15) is 5.26 Å². The largest absolute Gasteiger partial charge is 0.377 e. The van der Waals surface area contributed by atoms with Crippen molar-refractivity contribution in [3.63, 3.8) is 0 Å². The fourth-order valence-corrected chi connectivity index (χ4v) is 2.04. The molecule has 0 spiro atoms. The lowest BCUT2D eigenvalue weighted by Crippen LogP contribution is -2.10. The highest BCUT2D eigenvalue weighted by Crippen LogP contribution is 2.26. The van der Waals surface area contributed by atoms with Gasteiger partial charge in [-0.25, -0.2) is 4.39 Å². The molecule has 20 heavy (non-hydrogen) atoms. The number of nitriles is 1.